The molecular weight excluding hydrogens is 585 g/mol. The van der Waals surface area contributed by atoms with Crippen molar-refractivity contribution in [2.75, 3.05) is 27.9 Å². The summed E-state index contributed by atoms with van der Waals surface area (Å²) in [4.78, 5) is 43.7. The molecule has 234 valence electrons. The van der Waals surface area contributed by atoms with Gasteiger partial charge in [-0.1, -0.05) is 12.7 Å². The van der Waals surface area contributed by atoms with E-state index in [4.69, 9.17) is 18.9 Å². The zero-order valence-corrected chi connectivity index (χ0v) is 25.4. The van der Waals surface area contributed by atoms with Crippen LogP contribution in [0.2, 0.25) is 0 Å². The standard InChI is InChI=1S/C32H32FN5O7/c1-19(2)38-32(41)37(22-11-9-21(33)10-12-22)31(40)29(36-38)30(39)35-14-7-8-23(16-20(3)42-4)45-26-13-15-34-25-18-28(44-6)27(43-5)17-24(25)26/h7-13,15-19H,3,14H2,1-2,4-6H3,(H,35,39)/b8-7-,23-16+. The minimum atomic E-state index is -0.943. The largest absolute Gasteiger partial charge is 0.497 e. The highest BCUT2D eigenvalue weighted by molar-refractivity contribution is 5.92. The normalized spacial score (nSPS) is 11.6. The molecule has 4 aromatic rings. The van der Waals surface area contributed by atoms with Crippen LogP contribution in [0.5, 0.6) is 17.2 Å². The molecule has 12 nitrogen and oxygen atoms in total. The number of benzene rings is 2. The lowest BCUT2D eigenvalue weighted by Gasteiger charge is -2.14. The second-order valence-corrected chi connectivity index (χ2v) is 9.75. The molecule has 0 spiro atoms. The van der Waals surface area contributed by atoms with Gasteiger partial charge in [-0.2, -0.15) is 5.10 Å². The summed E-state index contributed by atoms with van der Waals surface area (Å²) in [5.74, 6) is 0.704. The van der Waals surface area contributed by atoms with Gasteiger partial charge in [-0.3, -0.25) is 14.6 Å². The summed E-state index contributed by atoms with van der Waals surface area (Å²) in [7, 11) is 4.52. The Morgan fingerprint density at radius 1 is 1.04 bits per heavy atom. The quantitative estimate of drug-likeness (QED) is 0.184. The smallest absolute Gasteiger partial charge is 0.352 e. The van der Waals surface area contributed by atoms with Crippen LogP contribution in [0.4, 0.5) is 4.39 Å². The Kier molecular flexibility index (Phi) is 10.1. The molecule has 0 aliphatic heterocycles. The van der Waals surface area contributed by atoms with Crippen LogP contribution in [-0.2, 0) is 4.74 Å². The molecule has 4 rings (SSSR count). The van der Waals surface area contributed by atoms with E-state index in [9.17, 15) is 18.8 Å². The van der Waals surface area contributed by atoms with Crippen molar-refractivity contribution in [3.8, 4) is 22.9 Å². The minimum absolute atomic E-state index is 0.0421. The molecule has 0 radical (unpaired) electrons. The highest BCUT2D eigenvalue weighted by atomic mass is 19.1. The molecule has 2 aromatic carbocycles. The Morgan fingerprint density at radius 2 is 1.73 bits per heavy atom. The molecule has 0 bridgehead atoms. The number of hydrogen-bond acceptors (Lipinski definition) is 9. The van der Waals surface area contributed by atoms with E-state index in [1.165, 1.54) is 33.5 Å². The first-order valence-electron chi connectivity index (χ1n) is 13.7. The molecule has 0 aliphatic carbocycles. The van der Waals surface area contributed by atoms with E-state index < -0.39 is 34.7 Å². The number of nitrogens with zero attached hydrogens (tertiary/aromatic N) is 4. The number of hydrogen-bond donors (Lipinski definition) is 1. The van der Waals surface area contributed by atoms with E-state index >= 15 is 0 Å². The highest BCUT2D eigenvalue weighted by Gasteiger charge is 2.21. The molecule has 0 saturated carbocycles. The summed E-state index contributed by atoms with van der Waals surface area (Å²) in [5, 5.41) is 7.27. The van der Waals surface area contributed by atoms with Crippen molar-refractivity contribution in [3.63, 3.8) is 0 Å². The second kappa shape index (κ2) is 14.2. The van der Waals surface area contributed by atoms with Crippen LogP contribution in [0.3, 0.4) is 0 Å². The number of ether oxygens (including phenoxy) is 4. The van der Waals surface area contributed by atoms with E-state index in [-0.39, 0.29) is 12.2 Å². The Morgan fingerprint density at radius 3 is 2.38 bits per heavy atom. The lowest BCUT2D eigenvalue weighted by Crippen LogP contribution is -2.46. The molecule has 45 heavy (non-hydrogen) atoms. The lowest BCUT2D eigenvalue weighted by molar-refractivity contribution is 0.0947. The molecule has 2 aromatic heterocycles. The van der Waals surface area contributed by atoms with Crippen LogP contribution >= 0.6 is 0 Å². The van der Waals surface area contributed by atoms with E-state index in [1.807, 2.05) is 0 Å². The number of aromatic nitrogens is 4. The first-order valence-corrected chi connectivity index (χ1v) is 13.7. The third-order valence-electron chi connectivity index (χ3n) is 6.45. The van der Waals surface area contributed by atoms with E-state index in [1.54, 1.807) is 56.5 Å². The number of amides is 1. The Bertz CT molecular complexity index is 1910. The van der Waals surface area contributed by atoms with Gasteiger partial charge < -0.3 is 24.3 Å². The average Bonchev–Trinajstić information content (AvgIpc) is 3.03. The lowest BCUT2D eigenvalue weighted by atomic mass is 10.2. The predicted molar refractivity (Wildman–Crippen MR) is 166 cm³/mol. The number of nitrogens with one attached hydrogen (secondary N) is 1. The zero-order chi connectivity index (χ0) is 32.7. The second-order valence-electron chi connectivity index (χ2n) is 9.75. The van der Waals surface area contributed by atoms with Gasteiger partial charge in [0.15, 0.2) is 11.5 Å². The molecule has 0 unspecified atom stereocenters. The summed E-state index contributed by atoms with van der Waals surface area (Å²) in [6.45, 7) is 7.13. The Hall–Kier alpha value is -5.72. The van der Waals surface area contributed by atoms with Crippen LogP contribution in [0.25, 0.3) is 16.6 Å². The summed E-state index contributed by atoms with van der Waals surface area (Å²) in [6, 6.07) is 9.44. The van der Waals surface area contributed by atoms with Gasteiger partial charge in [-0.15, -0.1) is 0 Å². The fourth-order valence-electron chi connectivity index (χ4n) is 4.19. The molecule has 0 atom stereocenters. The van der Waals surface area contributed by atoms with Gasteiger partial charge in [0, 0.05) is 30.3 Å². The molecule has 0 fully saturated rings. The molecule has 1 N–H and O–H groups in total. The monoisotopic (exact) mass is 617 g/mol. The summed E-state index contributed by atoms with van der Waals surface area (Å²) in [5.41, 5.74) is -1.51. The number of methoxy groups -OCH3 is 3. The fourth-order valence-corrected chi connectivity index (χ4v) is 4.19. The van der Waals surface area contributed by atoms with Crippen LogP contribution in [0.15, 0.2) is 94.6 Å². The van der Waals surface area contributed by atoms with Gasteiger partial charge in [0.1, 0.15) is 23.1 Å². The van der Waals surface area contributed by atoms with E-state index in [2.05, 4.69) is 22.0 Å². The van der Waals surface area contributed by atoms with Crippen molar-refractivity contribution in [1.29, 1.82) is 0 Å². The number of pyridine rings is 1. The minimum Gasteiger partial charge on any atom is -0.497 e. The van der Waals surface area contributed by atoms with Gasteiger partial charge in [0.2, 0.25) is 5.69 Å². The zero-order valence-electron chi connectivity index (χ0n) is 25.4. The molecule has 2 heterocycles. The van der Waals surface area contributed by atoms with Crippen molar-refractivity contribution in [3.05, 3.63) is 117 Å². The van der Waals surface area contributed by atoms with Gasteiger partial charge in [-0.25, -0.2) is 18.4 Å². The number of fused-ring (bicyclic) bond motifs is 1. The Labute approximate surface area is 257 Å². The maximum absolute atomic E-state index is 13.5. The summed E-state index contributed by atoms with van der Waals surface area (Å²) < 4.78 is 37.4. The van der Waals surface area contributed by atoms with Crippen LogP contribution in [-0.4, -0.2) is 53.1 Å². The maximum atomic E-state index is 13.5. The van der Waals surface area contributed by atoms with Gasteiger partial charge >= 0.3 is 5.69 Å². The van der Waals surface area contributed by atoms with Crippen molar-refractivity contribution < 1.29 is 28.1 Å². The molecule has 13 heteroatoms. The number of rotatable bonds is 12. The molecule has 0 saturated heterocycles. The third kappa shape index (κ3) is 7.26. The number of halogens is 1. The molecule has 0 aliphatic rings. The van der Waals surface area contributed by atoms with Crippen molar-refractivity contribution >= 4 is 16.8 Å². The van der Waals surface area contributed by atoms with Crippen molar-refractivity contribution in [2.45, 2.75) is 19.9 Å². The number of carbonyl (C=O) groups is 1. The first kappa shape index (κ1) is 32.2. The van der Waals surface area contributed by atoms with Gasteiger partial charge in [0.05, 0.1) is 38.6 Å². The van der Waals surface area contributed by atoms with Crippen LogP contribution in [0, 0.1) is 5.82 Å². The summed E-state index contributed by atoms with van der Waals surface area (Å²) >= 11 is 0. The average molecular weight is 618 g/mol. The third-order valence-corrected chi connectivity index (χ3v) is 6.45. The van der Waals surface area contributed by atoms with Crippen LogP contribution < -0.4 is 30.8 Å². The van der Waals surface area contributed by atoms with E-state index in [0.717, 1.165) is 21.4 Å². The van der Waals surface area contributed by atoms with E-state index in [0.29, 0.717) is 39.7 Å². The molecule has 1 amide bonds. The van der Waals surface area contributed by atoms with Crippen LogP contribution in [0.1, 0.15) is 30.4 Å². The maximum Gasteiger partial charge on any atom is 0.352 e. The first-order chi connectivity index (χ1) is 21.6. The highest BCUT2D eigenvalue weighted by Crippen LogP contribution is 2.36. The van der Waals surface area contributed by atoms with Gasteiger partial charge in [-0.05, 0) is 56.3 Å². The SMILES string of the molecule is C=C(/C=C(\C=C/CNC(=O)c1nn(C(C)C)c(=O)n(-c2ccc(F)cc2)c1=O)Oc1ccnc2cc(OC)c(OC)cc12)OC. The van der Waals surface area contributed by atoms with Gasteiger partial charge in [0.25, 0.3) is 11.5 Å². The van der Waals surface area contributed by atoms with Crippen molar-refractivity contribution in [1.82, 2.24) is 24.6 Å². The molecular formula is C32H32FN5O7. The summed E-state index contributed by atoms with van der Waals surface area (Å²) in [6.07, 6.45) is 6.29. The fraction of sp³-hybridized carbons (Fsp3) is 0.219. The Balaban J connectivity index is 1.60. The topological polar surface area (TPSA) is 136 Å². The van der Waals surface area contributed by atoms with Crippen molar-refractivity contribution in [2.24, 2.45) is 0 Å². The predicted octanol–water partition coefficient (Wildman–Crippen LogP) is 4.09. The number of allylic oxidation sites excluding steroid dienone is 2. The number of carbonyl (C=O) groups excluding carboxylic acids is 1.